The van der Waals surface area contributed by atoms with E-state index >= 15 is 0 Å². The number of fused-ring (bicyclic) bond motifs is 2. The van der Waals surface area contributed by atoms with Gasteiger partial charge >= 0.3 is 0 Å². The van der Waals surface area contributed by atoms with Crippen molar-refractivity contribution in [1.29, 1.82) is 0 Å². The summed E-state index contributed by atoms with van der Waals surface area (Å²) in [4.78, 5) is 17.3. The molecule has 0 unspecified atom stereocenters. The monoisotopic (exact) mass is 417 g/mol. The standard InChI is InChI=1S/C24H23N3O4/c1-26(12-13-28)17-8-6-16(7-9-17)23-25-20-5-3-2-4-19(20)24(29)27(23)18-10-11-21-22(14-18)31-15-30-21/h2-11,14,23,25,28H,12-13,15H2,1H3/t23-/m0/s1. The molecular weight excluding hydrogens is 394 g/mol. The Balaban J connectivity index is 1.55. The van der Waals surface area contributed by atoms with Crippen LogP contribution in [0.3, 0.4) is 0 Å². The maximum Gasteiger partial charge on any atom is 0.262 e. The Hall–Kier alpha value is -3.71. The van der Waals surface area contributed by atoms with E-state index in [0.29, 0.717) is 23.6 Å². The summed E-state index contributed by atoms with van der Waals surface area (Å²) in [7, 11) is 1.93. The number of nitrogens with one attached hydrogen (secondary N) is 1. The zero-order valence-electron chi connectivity index (χ0n) is 17.1. The minimum Gasteiger partial charge on any atom is -0.454 e. The van der Waals surface area contributed by atoms with Gasteiger partial charge in [0.15, 0.2) is 11.5 Å². The zero-order valence-corrected chi connectivity index (χ0v) is 17.1. The SMILES string of the molecule is CN(CCO)c1ccc([C@H]2Nc3ccccc3C(=O)N2c2ccc3c(c2)OCO3)cc1. The number of carbonyl (C=O) groups excluding carboxylic acids is 1. The minimum atomic E-state index is -0.389. The highest BCUT2D eigenvalue weighted by atomic mass is 16.7. The average Bonchev–Trinajstić information content (AvgIpc) is 3.27. The van der Waals surface area contributed by atoms with E-state index in [4.69, 9.17) is 9.47 Å². The van der Waals surface area contributed by atoms with Gasteiger partial charge < -0.3 is 24.8 Å². The Labute approximate surface area is 180 Å². The Kier molecular flexibility index (Phi) is 4.88. The number of likely N-dealkylation sites (N-methyl/N-ethyl adjacent to an activating group) is 1. The third-order valence-electron chi connectivity index (χ3n) is 5.65. The van der Waals surface area contributed by atoms with Gasteiger partial charge in [-0.25, -0.2) is 0 Å². The van der Waals surface area contributed by atoms with Gasteiger partial charge in [0.05, 0.1) is 17.9 Å². The number of hydrogen-bond acceptors (Lipinski definition) is 6. The summed E-state index contributed by atoms with van der Waals surface area (Å²) in [5.41, 5.74) is 4.09. The molecule has 5 rings (SSSR count). The quantitative estimate of drug-likeness (QED) is 0.661. The zero-order chi connectivity index (χ0) is 21.4. The smallest absolute Gasteiger partial charge is 0.262 e. The van der Waals surface area contributed by atoms with Crippen LogP contribution in [0.4, 0.5) is 17.1 Å². The van der Waals surface area contributed by atoms with E-state index in [1.807, 2.05) is 78.7 Å². The molecule has 0 aromatic heterocycles. The van der Waals surface area contributed by atoms with Crippen molar-refractivity contribution in [2.24, 2.45) is 0 Å². The fourth-order valence-electron chi connectivity index (χ4n) is 3.98. The first-order valence-electron chi connectivity index (χ1n) is 10.2. The minimum absolute atomic E-state index is 0.0836. The number of benzene rings is 3. The van der Waals surface area contributed by atoms with E-state index in [2.05, 4.69) is 5.32 Å². The molecule has 2 heterocycles. The molecule has 0 saturated carbocycles. The molecule has 1 atom stereocenters. The lowest BCUT2D eigenvalue weighted by Crippen LogP contribution is -2.43. The van der Waals surface area contributed by atoms with Gasteiger partial charge in [0.25, 0.3) is 5.91 Å². The summed E-state index contributed by atoms with van der Waals surface area (Å²) in [6.45, 7) is 0.821. The number of rotatable bonds is 5. The summed E-state index contributed by atoms with van der Waals surface area (Å²) >= 11 is 0. The second-order valence-electron chi connectivity index (χ2n) is 7.54. The van der Waals surface area contributed by atoms with Gasteiger partial charge in [0.2, 0.25) is 6.79 Å². The Morgan fingerprint density at radius 3 is 2.65 bits per heavy atom. The summed E-state index contributed by atoms with van der Waals surface area (Å²) in [6, 6.07) is 21.1. The molecule has 7 heteroatoms. The fraction of sp³-hybridized carbons (Fsp3) is 0.208. The van der Waals surface area contributed by atoms with Crippen molar-refractivity contribution in [3.63, 3.8) is 0 Å². The third-order valence-corrected chi connectivity index (χ3v) is 5.65. The lowest BCUT2D eigenvalue weighted by molar-refractivity contribution is 0.0975. The van der Waals surface area contributed by atoms with E-state index in [0.717, 1.165) is 22.6 Å². The first-order valence-corrected chi connectivity index (χ1v) is 10.2. The van der Waals surface area contributed by atoms with E-state index in [9.17, 15) is 9.90 Å². The molecular formula is C24H23N3O4. The lowest BCUT2D eigenvalue weighted by atomic mass is 10.0. The maximum absolute atomic E-state index is 13.5. The molecule has 2 aliphatic rings. The van der Waals surface area contributed by atoms with Crippen molar-refractivity contribution < 1.29 is 19.4 Å². The van der Waals surface area contributed by atoms with Crippen LogP contribution in [0, 0.1) is 0 Å². The molecule has 0 radical (unpaired) electrons. The maximum atomic E-state index is 13.5. The van der Waals surface area contributed by atoms with Crippen molar-refractivity contribution in [1.82, 2.24) is 0 Å². The Bertz CT molecular complexity index is 1120. The first kappa shape index (κ1) is 19.3. The topological polar surface area (TPSA) is 74.3 Å². The van der Waals surface area contributed by atoms with Crippen LogP contribution in [0.1, 0.15) is 22.1 Å². The van der Waals surface area contributed by atoms with E-state index < -0.39 is 0 Å². The Morgan fingerprint density at radius 2 is 1.84 bits per heavy atom. The molecule has 3 aromatic carbocycles. The molecule has 0 fully saturated rings. The van der Waals surface area contributed by atoms with Crippen molar-refractivity contribution in [2.75, 3.05) is 42.1 Å². The van der Waals surface area contributed by atoms with Gasteiger partial charge in [0, 0.05) is 31.0 Å². The summed E-state index contributed by atoms with van der Waals surface area (Å²) in [5, 5.41) is 12.7. The summed E-state index contributed by atoms with van der Waals surface area (Å²) < 4.78 is 11.0. The number of ether oxygens (including phenoxy) is 2. The second-order valence-corrected chi connectivity index (χ2v) is 7.54. The van der Waals surface area contributed by atoms with Gasteiger partial charge in [-0.2, -0.15) is 0 Å². The van der Waals surface area contributed by atoms with Crippen LogP contribution < -0.4 is 24.6 Å². The van der Waals surface area contributed by atoms with Gasteiger partial charge in [-0.05, 0) is 42.0 Å². The molecule has 7 nitrogen and oxygen atoms in total. The van der Waals surface area contributed by atoms with Crippen LogP contribution in [0.5, 0.6) is 11.5 Å². The van der Waals surface area contributed by atoms with Crippen molar-refractivity contribution in [3.8, 4) is 11.5 Å². The van der Waals surface area contributed by atoms with E-state index in [1.54, 1.807) is 4.90 Å². The largest absolute Gasteiger partial charge is 0.454 e. The molecule has 2 N–H and O–H groups in total. The van der Waals surface area contributed by atoms with Gasteiger partial charge in [-0.1, -0.05) is 24.3 Å². The molecule has 3 aromatic rings. The van der Waals surface area contributed by atoms with E-state index in [1.165, 1.54) is 0 Å². The van der Waals surface area contributed by atoms with Gasteiger partial charge in [0.1, 0.15) is 6.17 Å². The highest BCUT2D eigenvalue weighted by Gasteiger charge is 2.34. The molecule has 31 heavy (non-hydrogen) atoms. The molecule has 0 bridgehead atoms. The molecule has 158 valence electrons. The van der Waals surface area contributed by atoms with Crippen molar-refractivity contribution >= 4 is 23.0 Å². The number of carbonyl (C=O) groups is 1. The summed E-state index contributed by atoms with van der Waals surface area (Å²) in [5.74, 6) is 1.22. The highest BCUT2D eigenvalue weighted by Crippen LogP contribution is 2.41. The number of hydrogen-bond donors (Lipinski definition) is 2. The van der Waals surface area contributed by atoms with Crippen LogP contribution in [0.2, 0.25) is 0 Å². The fourth-order valence-corrected chi connectivity index (χ4v) is 3.98. The van der Waals surface area contributed by atoms with Crippen molar-refractivity contribution in [2.45, 2.75) is 6.17 Å². The summed E-state index contributed by atoms with van der Waals surface area (Å²) in [6.07, 6.45) is -0.389. The Morgan fingerprint density at radius 1 is 1.06 bits per heavy atom. The van der Waals surface area contributed by atoms with Crippen LogP contribution in [0.15, 0.2) is 66.7 Å². The highest BCUT2D eigenvalue weighted by molar-refractivity contribution is 6.12. The number of nitrogens with zero attached hydrogens (tertiary/aromatic N) is 2. The number of para-hydroxylation sites is 1. The molecule has 0 saturated heterocycles. The third kappa shape index (κ3) is 3.43. The number of anilines is 3. The lowest BCUT2D eigenvalue weighted by Gasteiger charge is -2.38. The predicted octanol–water partition coefficient (Wildman–Crippen LogP) is 3.61. The van der Waals surface area contributed by atoms with Crippen LogP contribution in [-0.2, 0) is 0 Å². The predicted molar refractivity (Wildman–Crippen MR) is 119 cm³/mol. The molecule has 0 spiro atoms. The number of aliphatic hydroxyl groups excluding tert-OH is 1. The number of aliphatic hydroxyl groups is 1. The average molecular weight is 417 g/mol. The molecule has 2 aliphatic heterocycles. The van der Waals surface area contributed by atoms with Crippen LogP contribution >= 0.6 is 0 Å². The van der Waals surface area contributed by atoms with Crippen LogP contribution in [-0.4, -0.2) is 38.0 Å². The van der Waals surface area contributed by atoms with Crippen molar-refractivity contribution in [3.05, 3.63) is 77.9 Å². The second kappa shape index (κ2) is 7.85. The normalized spacial score (nSPS) is 16.6. The molecule has 1 amide bonds. The van der Waals surface area contributed by atoms with Gasteiger partial charge in [-0.15, -0.1) is 0 Å². The van der Waals surface area contributed by atoms with Crippen LogP contribution in [0.25, 0.3) is 0 Å². The van der Waals surface area contributed by atoms with E-state index in [-0.39, 0.29) is 25.5 Å². The first-order chi connectivity index (χ1) is 15.2. The van der Waals surface area contributed by atoms with Gasteiger partial charge in [-0.3, -0.25) is 9.69 Å². The molecule has 0 aliphatic carbocycles. The number of amides is 1.